The lowest BCUT2D eigenvalue weighted by molar-refractivity contribution is -0.454. The first kappa shape index (κ1) is 20.8. The van der Waals surface area contributed by atoms with Gasteiger partial charge in [-0.05, 0) is 0 Å². The summed E-state index contributed by atoms with van der Waals surface area (Å²) >= 11 is 4.29. The Bertz CT molecular complexity index is 1500. The smallest absolute Gasteiger partial charge is 0.367 e. The Balaban J connectivity index is 1.35. The second kappa shape index (κ2) is 5.09. The first-order chi connectivity index (χ1) is 16.2. The number of nitrogens with zero attached hydrogens (tertiary/aromatic N) is 5. The van der Waals surface area contributed by atoms with Gasteiger partial charge in [-0.2, -0.15) is 4.98 Å². The second-order valence-electron chi connectivity index (χ2n) is 8.00. The first-order valence-corrected chi connectivity index (χ1v) is 14.0. The lowest BCUT2D eigenvalue weighted by Gasteiger charge is -2.39. The minimum Gasteiger partial charge on any atom is -0.367 e. The fourth-order valence-corrected chi connectivity index (χ4v) is 9.39. The molecule has 5 atom stereocenters. The number of fused-ring (bicyclic) bond motifs is 1. The summed E-state index contributed by atoms with van der Waals surface area (Å²) in [5.41, 5.74) is 0.0429. The average Bonchev–Trinajstić information content (AvgIpc) is 3.38. The number of ether oxygens (including phenoxy) is 1. The van der Waals surface area contributed by atoms with Gasteiger partial charge in [0.05, 0.1) is 6.54 Å². The van der Waals surface area contributed by atoms with Crippen molar-refractivity contribution in [2.75, 3.05) is 4.31 Å². The van der Waals surface area contributed by atoms with E-state index in [1.54, 1.807) is 0 Å². The fourth-order valence-electron chi connectivity index (χ4n) is 4.82. The molecular weight excluding hydrogens is 571 g/mol. The van der Waals surface area contributed by atoms with Gasteiger partial charge >= 0.3 is 58.7 Å². The molecule has 0 aliphatic carbocycles. The molecule has 11 heterocycles. The Morgan fingerprint density at radius 2 is 1.60 bits per heavy atom. The molecule has 1 aromatic heterocycles. The summed E-state index contributed by atoms with van der Waals surface area (Å²) in [6.45, 7) is -0.195. The lowest BCUT2D eigenvalue weighted by atomic mass is 9.96. The SMILES string of the molecule is O=P12Oc3nc4c(n3C35OC6(OP7(=O)OC6(O)O7)C6(O)OP(=O)(O3)OC56O)N(S)C(=NC4)N(O1)O2. The maximum atomic E-state index is 13.2. The van der Waals surface area contributed by atoms with Crippen molar-refractivity contribution in [3.8, 4) is 6.01 Å². The van der Waals surface area contributed by atoms with E-state index in [0.717, 1.165) is 4.31 Å². The molecule has 25 heteroatoms. The summed E-state index contributed by atoms with van der Waals surface area (Å²) in [6.07, 6.45) is 0. The lowest BCUT2D eigenvalue weighted by Crippen LogP contribution is -2.70. The highest BCUT2D eigenvalue weighted by atomic mass is 32.1. The summed E-state index contributed by atoms with van der Waals surface area (Å²) in [4.78, 5) is 8.22. The van der Waals surface area contributed by atoms with Crippen LogP contribution in [0.4, 0.5) is 5.82 Å². The Labute approximate surface area is 194 Å². The van der Waals surface area contributed by atoms with Gasteiger partial charge < -0.3 is 19.8 Å². The number of imidazole rings is 1. The van der Waals surface area contributed by atoms with Crippen molar-refractivity contribution < 1.29 is 74.7 Å². The van der Waals surface area contributed by atoms with Crippen molar-refractivity contribution in [1.29, 1.82) is 0 Å². The predicted molar refractivity (Wildman–Crippen MR) is 95.4 cm³/mol. The van der Waals surface area contributed by atoms with Crippen LogP contribution in [-0.4, -0.2) is 59.4 Å². The van der Waals surface area contributed by atoms with E-state index in [-0.39, 0.29) is 24.0 Å². The largest absolute Gasteiger partial charge is 0.580 e. The van der Waals surface area contributed by atoms with Crippen LogP contribution < -0.4 is 8.83 Å². The molecule has 3 N–H and O–H groups in total. The summed E-state index contributed by atoms with van der Waals surface area (Å²) < 4.78 is 90.7. The van der Waals surface area contributed by atoms with Crippen LogP contribution in [0, 0.1) is 0 Å². The molecule has 0 aromatic carbocycles. The molecule has 10 aliphatic heterocycles. The fraction of sp³-hybridized carbons (Fsp3) is 0.600. The molecule has 9 bridgehead atoms. The summed E-state index contributed by atoms with van der Waals surface area (Å²) in [5.74, 6) is -16.8. The maximum absolute atomic E-state index is 13.2. The van der Waals surface area contributed by atoms with Crippen molar-refractivity contribution in [1.82, 2.24) is 14.8 Å². The third-order valence-electron chi connectivity index (χ3n) is 6.12. The van der Waals surface area contributed by atoms with Crippen molar-refractivity contribution >= 4 is 48.1 Å². The van der Waals surface area contributed by atoms with Crippen LogP contribution in [-0.2, 0) is 67.3 Å². The highest BCUT2D eigenvalue weighted by molar-refractivity contribution is 7.82. The zero-order chi connectivity index (χ0) is 24.2. The van der Waals surface area contributed by atoms with E-state index in [0.29, 0.717) is 9.79 Å². The normalized spacial score (nSPS) is 54.8. The maximum Gasteiger partial charge on any atom is 0.580 e. The highest BCUT2D eigenvalue weighted by Crippen LogP contribution is 2.90. The van der Waals surface area contributed by atoms with Crippen LogP contribution in [0.3, 0.4) is 0 Å². The molecule has 1 spiro atoms. The second-order valence-corrected chi connectivity index (χ2v) is 12.7. The molecule has 11 rings (SSSR count). The number of aliphatic imine (C=N–C) groups is 1. The van der Waals surface area contributed by atoms with E-state index in [9.17, 15) is 29.0 Å². The van der Waals surface area contributed by atoms with Crippen LogP contribution in [0.2, 0.25) is 0 Å². The summed E-state index contributed by atoms with van der Waals surface area (Å²) in [5, 5.41) is 34.4. The minimum atomic E-state index is -4.95. The van der Waals surface area contributed by atoms with Gasteiger partial charge in [-0.3, -0.25) is 4.74 Å². The number of anilines is 1. The molecule has 0 amide bonds. The molecule has 7 fully saturated rings. The molecule has 188 valence electrons. The number of aliphatic hydroxyl groups is 3. The first-order valence-electron chi connectivity index (χ1n) is 9.20. The van der Waals surface area contributed by atoms with Crippen LogP contribution in [0.25, 0.3) is 0 Å². The third kappa shape index (κ3) is 1.82. The number of phosphoric acid groups is 3. The van der Waals surface area contributed by atoms with Gasteiger partial charge in [-0.25, -0.2) is 54.7 Å². The van der Waals surface area contributed by atoms with Gasteiger partial charge in [0.1, 0.15) is 5.69 Å². The van der Waals surface area contributed by atoms with Crippen LogP contribution in [0.1, 0.15) is 5.69 Å². The summed E-state index contributed by atoms with van der Waals surface area (Å²) in [7, 11) is -13.9. The average molecular weight is 577 g/mol. The van der Waals surface area contributed by atoms with Gasteiger partial charge in [0.2, 0.25) is 0 Å². The molecule has 10 aliphatic rings. The van der Waals surface area contributed by atoms with E-state index in [1.807, 2.05) is 0 Å². The van der Waals surface area contributed by atoms with Gasteiger partial charge in [-0.15, -0.1) is 9.25 Å². The molecular formula is C10H6N5O16P3S. The molecule has 5 unspecified atom stereocenters. The van der Waals surface area contributed by atoms with Gasteiger partial charge in [-0.1, -0.05) is 18.0 Å². The predicted octanol–water partition coefficient (Wildman–Crippen LogP) is -1.19. The number of aromatic nitrogens is 2. The molecule has 7 saturated heterocycles. The molecule has 1 aromatic rings. The van der Waals surface area contributed by atoms with Gasteiger partial charge in [0, 0.05) is 0 Å². The third-order valence-corrected chi connectivity index (χ3v) is 10.4. The quantitative estimate of drug-likeness (QED) is 0.227. The zero-order valence-electron chi connectivity index (χ0n) is 15.9. The highest BCUT2D eigenvalue weighted by Gasteiger charge is 3.06. The standard InChI is InChI=1S/C10H6N5O16P3S/c16-6-7(17)9(27-33(20,24-6)25-7,23-8(6)10(18)28-34(21,26-8)29-10)13-3-2-1-11-4(14(3)35)15-30-32(19,31-15)22-5(13)12-2/h16-18,35H,1H2. The number of thiol groups is 1. The topological polar surface area (TPSA) is 241 Å². The number of hydrogen-bond acceptors (Lipinski definition) is 21. The van der Waals surface area contributed by atoms with Crippen molar-refractivity contribution in [3.63, 3.8) is 0 Å². The minimum absolute atomic E-state index is 0.0429. The molecule has 0 radical (unpaired) electrons. The van der Waals surface area contributed by atoms with E-state index in [2.05, 4.69) is 22.8 Å². The monoisotopic (exact) mass is 577 g/mol. The summed E-state index contributed by atoms with van der Waals surface area (Å²) in [6, 6.07) is -0.738. The number of hydrogen-bond donors (Lipinski definition) is 4. The molecule has 35 heavy (non-hydrogen) atoms. The van der Waals surface area contributed by atoms with Crippen molar-refractivity contribution in [2.45, 2.75) is 35.8 Å². The number of phosphoric ester groups is 2. The van der Waals surface area contributed by atoms with Crippen LogP contribution in [0.15, 0.2) is 4.99 Å². The molecule has 0 saturated carbocycles. The number of hydroxylamine groups is 2. The Kier molecular flexibility index (Phi) is 3.03. The van der Waals surface area contributed by atoms with E-state index in [4.69, 9.17) is 45.7 Å². The van der Waals surface area contributed by atoms with Crippen LogP contribution in [0.5, 0.6) is 6.01 Å². The van der Waals surface area contributed by atoms with E-state index in [1.165, 1.54) is 0 Å². The van der Waals surface area contributed by atoms with E-state index < -0.39 is 58.7 Å². The van der Waals surface area contributed by atoms with Crippen molar-refractivity contribution in [3.05, 3.63) is 5.69 Å². The Morgan fingerprint density at radius 3 is 2.26 bits per heavy atom. The van der Waals surface area contributed by atoms with Crippen LogP contribution >= 0.6 is 36.3 Å². The van der Waals surface area contributed by atoms with E-state index >= 15 is 0 Å². The number of guanidine groups is 1. The number of rotatable bonds is 1. The zero-order valence-corrected chi connectivity index (χ0v) is 19.5. The molecule has 21 nitrogen and oxygen atoms in total. The Hall–Kier alpha value is -1.16. The Morgan fingerprint density at radius 1 is 0.914 bits per heavy atom. The van der Waals surface area contributed by atoms with Crippen molar-refractivity contribution in [2.24, 2.45) is 4.99 Å². The van der Waals surface area contributed by atoms with Gasteiger partial charge in [0.15, 0.2) is 5.82 Å². The van der Waals surface area contributed by atoms with Gasteiger partial charge in [0.25, 0.3) is 5.96 Å².